The quantitative estimate of drug-likeness (QED) is 0.654. The van der Waals surface area contributed by atoms with E-state index in [0.717, 1.165) is 18.2 Å². The maximum atomic E-state index is 13.0. The van der Waals surface area contributed by atoms with E-state index in [1.165, 1.54) is 25.1 Å². The molecule has 0 amide bonds. The van der Waals surface area contributed by atoms with Crippen LogP contribution in [0.5, 0.6) is 11.5 Å². The Balaban J connectivity index is 2.28. The van der Waals surface area contributed by atoms with Gasteiger partial charge >= 0.3 is 11.8 Å². The minimum atomic E-state index is -4.53. The zero-order valence-corrected chi connectivity index (χ0v) is 12.3. The fraction of sp³-hybridized carbons (Fsp3) is 0.118. The van der Waals surface area contributed by atoms with E-state index in [2.05, 4.69) is 0 Å². The number of hydrogen-bond donors (Lipinski definition) is 2. The lowest BCUT2D eigenvalue weighted by Gasteiger charge is -2.13. The molecule has 0 saturated carbocycles. The first-order valence-corrected chi connectivity index (χ1v) is 6.85. The van der Waals surface area contributed by atoms with Gasteiger partial charge in [-0.05, 0) is 42.1 Å². The smallest absolute Gasteiger partial charge is 0.416 e. The second-order valence-corrected chi connectivity index (χ2v) is 5.30. The Morgan fingerprint density at radius 1 is 1.04 bits per heavy atom. The maximum Gasteiger partial charge on any atom is 0.416 e. The summed E-state index contributed by atoms with van der Waals surface area (Å²) in [6.07, 6.45) is -4.53. The molecule has 0 fully saturated rings. The molecule has 1 heterocycles. The molecule has 0 bridgehead atoms. The van der Waals surface area contributed by atoms with Crippen LogP contribution in [-0.2, 0) is 6.18 Å². The Morgan fingerprint density at radius 2 is 1.71 bits per heavy atom. The second kappa shape index (κ2) is 5.30. The predicted molar refractivity (Wildman–Crippen MR) is 81.0 cm³/mol. The van der Waals surface area contributed by atoms with Crippen molar-refractivity contribution in [3.63, 3.8) is 0 Å². The van der Waals surface area contributed by atoms with Crippen molar-refractivity contribution in [2.24, 2.45) is 0 Å². The van der Waals surface area contributed by atoms with Gasteiger partial charge in [0, 0.05) is 5.56 Å². The van der Waals surface area contributed by atoms with E-state index in [9.17, 15) is 28.2 Å². The Kier molecular flexibility index (Phi) is 3.51. The van der Waals surface area contributed by atoms with Crippen LogP contribution < -0.4 is 5.63 Å². The Morgan fingerprint density at radius 3 is 2.38 bits per heavy atom. The van der Waals surface area contributed by atoms with Gasteiger partial charge in [0.25, 0.3) is 0 Å². The molecule has 24 heavy (non-hydrogen) atoms. The first-order chi connectivity index (χ1) is 11.2. The highest BCUT2D eigenvalue weighted by Gasteiger charge is 2.33. The molecule has 3 aromatic rings. The summed E-state index contributed by atoms with van der Waals surface area (Å²) < 4.78 is 44.2. The highest BCUT2D eigenvalue weighted by Crippen LogP contribution is 2.37. The zero-order valence-electron chi connectivity index (χ0n) is 12.3. The summed E-state index contributed by atoms with van der Waals surface area (Å²) in [7, 11) is 0. The van der Waals surface area contributed by atoms with Gasteiger partial charge in [0.1, 0.15) is 5.76 Å². The lowest BCUT2D eigenvalue weighted by Crippen LogP contribution is -2.08. The molecule has 0 spiro atoms. The summed E-state index contributed by atoms with van der Waals surface area (Å²) in [4.78, 5) is 12.0. The topological polar surface area (TPSA) is 70.7 Å². The first-order valence-electron chi connectivity index (χ1n) is 6.85. The predicted octanol–water partition coefficient (Wildman–Crippen LogP) is 4.20. The van der Waals surface area contributed by atoms with Crippen LogP contribution in [-0.4, -0.2) is 10.2 Å². The van der Waals surface area contributed by atoms with Crippen molar-refractivity contribution >= 4 is 10.8 Å². The van der Waals surface area contributed by atoms with Crippen molar-refractivity contribution in [3.05, 3.63) is 57.9 Å². The van der Waals surface area contributed by atoms with Gasteiger partial charge in [-0.25, -0.2) is 4.79 Å². The van der Waals surface area contributed by atoms with Crippen LogP contribution >= 0.6 is 0 Å². The van der Waals surface area contributed by atoms with E-state index in [4.69, 9.17) is 4.42 Å². The normalized spacial score (nSPS) is 11.8. The van der Waals surface area contributed by atoms with Crippen molar-refractivity contribution < 1.29 is 27.8 Å². The summed E-state index contributed by atoms with van der Waals surface area (Å²) in [5, 5.41) is 19.2. The van der Waals surface area contributed by atoms with Crippen molar-refractivity contribution in [2.75, 3.05) is 0 Å². The van der Waals surface area contributed by atoms with E-state index in [0.29, 0.717) is 0 Å². The van der Waals surface area contributed by atoms with E-state index >= 15 is 0 Å². The highest BCUT2D eigenvalue weighted by atomic mass is 19.4. The van der Waals surface area contributed by atoms with Crippen LogP contribution in [0.2, 0.25) is 0 Å². The van der Waals surface area contributed by atoms with Crippen LogP contribution in [0.25, 0.3) is 22.1 Å². The number of rotatable bonds is 1. The molecule has 124 valence electrons. The third-order valence-electron chi connectivity index (χ3n) is 3.76. The number of aromatic hydroxyl groups is 2. The van der Waals surface area contributed by atoms with Crippen LogP contribution in [0.4, 0.5) is 13.2 Å². The Bertz CT molecular complexity index is 1000. The molecule has 2 N–H and O–H groups in total. The fourth-order valence-corrected chi connectivity index (χ4v) is 2.56. The van der Waals surface area contributed by atoms with E-state index in [1.807, 2.05) is 0 Å². The summed E-state index contributed by atoms with van der Waals surface area (Å²) in [6, 6.07) is 7.12. The molecule has 0 unspecified atom stereocenters. The van der Waals surface area contributed by atoms with Crippen molar-refractivity contribution in [1.29, 1.82) is 0 Å². The molecule has 0 saturated heterocycles. The van der Waals surface area contributed by atoms with Crippen molar-refractivity contribution in [1.82, 2.24) is 0 Å². The minimum Gasteiger partial charge on any atom is -0.504 e. The molecule has 4 nitrogen and oxygen atoms in total. The first kappa shape index (κ1) is 15.9. The monoisotopic (exact) mass is 336 g/mol. The summed E-state index contributed by atoms with van der Waals surface area (Å²) >= 11 is 0. The zero-order chi connectivity index (χ0) is 17.6. The number of halogens is 3. The van der Waals surface area contributed by atoms with Gasteiger partial charge in [0.2, 0.25) is 0 Å². The van der Waals surface area contributed by atoms with E-state index in [1.54, 1.807) is 0 Å². The third-order valence-corrected chi connectivity index (χ3v) is 3.76. The number of fused-ring (bicyclic) bond motifs is 1. The van der Waals surface area contributed by atoms with Crippen LogP contribution in [0.1, 0.15) is 11.1 Å². The molecule has 0 aliphatic carbocycles. The standard InChI is InChI=1S/C17H11F3O4/c1-8-10(3-2-4-12(8)17(18,19)20)15-6-9-5-13(21)14(22)7-11(9)16(23)24-15/h2-7,21-22H,1H3. The largest absolute Gasteiger partial charge is 0.504 e. The van der Waals surface area contributed by atoms with E-state index < -0.39 is 28.9 Å². The molecule has 0 aliphatic rings. The number of alkyl halides is 3. The summed E-state index contributed by atoms with van der Waals surface area (Å²) in [5.74, 6) is -0.987. The molecule has 0 aliphatic heterocycles. The number of hydrogen-bond acceptors (Lipinski definition) is 4. The Labute approximate surface area is 133 Å². The molecule has 1 aromatic heterocycles. The Hall–Kier alpha value is -2.96. The van der Waals surface area contributed by atoms with Gasteiger partial charge < -0.3 is 14.6 Å². The van der Waals surface area contributed by atoms with Crippen molar-refractivity contribution in [3.8, 4) is 22.8 Å². The van der Waals surface area contributed by atoms with Gasteiger partial charge in [-0.1, -0.05) is 12.1 Å². The number of phenolic OH excluding ortho intramolecular Hbond substituents is 2. The lowest BCUT2D eigenvalue weighted by molar-refractivity contribution is -0.138. The van der Waals surface area contributed by atoms with Gasteiger partial charge in [-0.3, -0.25) is 0 Å². The molecule has 7 heteroatoms. The summed E-state index contributed by atoms with van der Waals surface area (Å²) in [5.41, 5.74) is -1.60. The van der Waals surface area contributed by atoms with Crippen LogP contribution in [0.3, 0.4) is 0 Å². The maximum absolute atomic E-state index is 13.0. The second-order valence-electron chi connectivity index (χ2n) is 5.30. The molecule has 0 atom stereocenters. The summed E-state index contributed by atoms with van der Waals surface area (Å²) in [6.45, 7) is 1.29. The average Bonchev–Trinajstić information content (AvgIpc) is 2.48. The molecule has 2 aromatic carbocycles. The average molecular weight is 336 g/mol. The number of phenols is 2. The van der Waals surface area contributed by atoms with Gasteiger partial charge in [0.15, 0.2) is 11.5 Å². The van der Waals surface area contributed by atoms with Crippen LogP contribution in [0.15, 0.2) is 45.6 Å². The third kappa shape index (κ3) is 2.58. The number of benzene rings is 2. The lowest BCUT2D eigenvalue weighted by atomic mass is 9.99. The van der Waals surface area contributed by atoms with Gasteiger partial charge in [-0.15, -0.1) is 0 Å². The molecule has 0 radical (unpaired) electrons. The molecular weight excluding hydrogens is 325 g/mol. The minimum absolute atomic E-state index is 0.0127. The van der Waals surface area contributed by atoms with E-state index in [-0.39, 0.29) is 27.7 Å². The van der Waals surface area contributed by atoms with Gasteiger partial charge in [-0.2, -0.15) is 13.2 Å². The van der Waals surface area contributed by atoms with Crippen LogP contribution in [0, 0.1) is 6.92 Å². The van der Waals surface area contributed by atoms with Gasteiger partial charge in [0.05, 0.1) is 10.9 Å². The molecule has 3 rings (SSSR count). The SMILES string of the molecule is Cc1c(-c2cc3cc(O)c(O)cc3c(=O)o2)cccc1C(F)(F)F. The fourth-order valence-electron chi connectivity index (χ4n) is 2.56. The highest BCUT2D eigenvalue weighted by molar-refractivity contribution is 5.87. The van der Waals surface area contributed by atoms with Crippen molar-refractivity contribution in [2.45, 2.75) is 13.1 Å². The molecular formula is C17H11F3O4.